The molecule has 0 aliphatic carbocycles. The van der Waals surface area contributed by atoms with Gasteiger partial charge in [-0.15, -0.1) is 28.3 Å². The van der Waals surface area contributed by atoms with Crippen LogP contribution in [0.2, 0.25) is 5.02 Å². The monoisotopic (exact) mass is 515 g/mol. The van der Waals surface area contributed by atoms with Crippen molar-refractivity contribution < 1.29 is 8.42 Å². The zero-order valence-electron chi connectivity index (χ0n) is 16.8. The van der Waals surface area contributed by atoms with Gasteiger partial charge in [-0.1, -0.05) is 35.4 Å². The Balaban J connectivity index is 0.00000300. The summed E-state index contributed by atoms with van der Waals surface area (Å²) in [6.45, 7) is 4.10. The maximum atomic E-state index is 12.6. The van der Waals surface area contributed by atoms with Crippen molar-refractivity contribution in [2.24, 2.45) is 12.0 Å². The number of thiazole rings is 1. The van der Waals surface area contributed by atoms with Crippen LogP contribution < -0.4 is 4.80 Å². The Hall–Kier alpha value is -1.45. The highest BCUT2D eigenvalue weighted by Gasteiger charge is 2.22. The SMILES string of the molecule is Br.Cc1ccc(N=c2scc(-c3ccc(Cl)c(S(=O)(=O)N(C)C)c3)n2C)c(C)c1. The van der Waals surface area contributed by atoms with Crippen LogP contribution in [0.15, 0.2) is 51.7 Å². The lowest BCUT2D eigenvalue weighted by Gasteiger charge is -2.14. The quantitative estimate of drug-likeness (QED) is 0.485. The number of benzene rings is 2. The number of aryl methyl sites for hydroxylation is 2. The van der Waals surface area contributed by atoms with Gasteiger partial charge in [0.05, 0.1) is 16.4 Å². The standard InChI is InChI=1S/C20H22ClN3O2S2.BrH/c1-13-6-9-17(14(2)10-13)22-20-24(5)18(12-27-20)15-7-8-16(21)19(11-15)28(25,26)23(3)4;/h6-12H,1-5H3;1H. The molecule has 0 bridgehead atoms. The van der Waals surface area contributed by atoms with Crippen LogP contribution >= 0.6 is 39.9 Å². The minimum atomic E-state index is -3.63. The van der Waals surface area contributed by atoms with Crippen molar-refractivity contribution in [1.29, 1.82) is 0 Å². The first kappa shape index (κ1) is 23.8. The second-order valence-corrected chi connectivity index (χ2v) is 10.2. The van der Waals surface area contributed by atoms with Gasteiger partial charge in [0, 0.05) is 32.1 Å². The molecular weight excluding hydrogens is 494 g/mol. The molecule has 156 valence electrons. The molecule has 2 aromatic carbocycles. The maximum Gasteiger partial charge on any atom is 0.244 e. The Morgan fingerprint density at radius 1 is 1.10 bits per heavy atom. The molecule has 0 unspecified atom stereocenters. The fourth-order valence-electron chi connectivity index (χ4n) is 2.82. The molecule has 0 saturated carbocycles. The molecule has 1 heterocycles. The third kappa shape index (κ3) is 4.83. The van der Waals surface area contributed by atoms with Gasteiger partial charge in [-0.2, -0.15) is 0 Å². The number of rotatable bonds is 4. The first-order valence-corrected chi connectivity index (χ1v) is 11.3. The molecule has 3 aromatic rings. The molecule has 0 N–H and O–H groups in total. The second kappa shape index (κ2) is 9.14. The smallest absolute Gasteiger partial charge is 0.244 e. The number of sulfonamides is 1. The predicted octanol–water partition coefficient (Wildman–Crippen LogP) is 5.08. The first-order valence-electron chi connectivity index (χ1n) is 8.60. The summed E-state index contributed by atoms with van der Waals surface area (Å²) in [6, 6.07) is 11.2. The minimum absolute atomic E-state index is 0. The fraction of sp³-hybridized carbons (Fsp3) is 0.250. The van der Waals surface area contributed by atoms with Crippen molar-refractivity contribution in [3.05, 3.63) is 62.7 Å². The maximum absolute atomic E-state index is 12.6. The Labute approximate surface area is 191 Å². The molecule has 0 radical (unpaired) electrons. The van der Waals surface area contributed by atoms with E-state index in [0.29, 0.717) is 0 Å². The summed E-state index contributed by atoms with van der Waals surface area (Å²) in [4.78, 5) is 5.69. The van der Waals surface area contributed by atoms with Crippen LogP contribution in [0.5, 0.6) is 0 Å². The fourth-order valence-corrected chi connectivity index (χ4v) is 5.14. The largest absolute Gasteiger partial charge is 0.320 e. The van der Waals surface area contributed by atoms with Gasteiger partial charge in [0.25, 0.3) is 0 Å². The molecule has 0 saturated heterocycles. The van der Waals surface area contributed by atoms with E-state index in [-0.39, 0.29) is 26.9 Å². The van der Waals surface area contributed by atoms with Crippen LogP contribution in [-0.2, 0) is 17.1 Å². The van der Waals surface area contributed by atoms with E-state index in [1.165, 1.54) is 31.0 Å². The number of nitrogens with zero attached hydrogens (tertiary/aromatic N) is 3. The van der Waals surface area contributed by atoms with Crippen molar-refractivity contribution in [1.82, 2.24) is 8.87 Å². The third-order valence-electron chi connectivity index (χ3n) is 4.48. The predicted molar refractivity (Wildman–Crippen MR) is 126 cm³/mol. The van der Waals surface area contributed by atoms with E-state index in [4.69, 9.17) is 16.6 Å². The summed E-state index contributed by atoms with van der Waals surface area (Å²) in [6.07, 6.45) is 0. The van der Waals surface area contributed by atoms with Gasteiger partial charge in [0.15, 0.2) is 4.80 Å². The van der Waals surface area contributed by atoms with Crippen LogP contribution in [0.3, 0.4) is 0 Å². The summed E-state index contributed by atoms with van der Waals surface area (Å²) in [5.74, 6) is 0. The topological polar surface area (TPSA) is 54.7 Å². The van der Waals surface area contributed by atoms with Crippen molar-refractivity contribution in [3.8, 4) is 11.3 Å². The van der Waals surface area contributed by atoms with Gasteiger partial charge in [-0.25, -0.2) is 17.7 Å². The molecule has 9 heteroatoms. The molecule has 0 aliphatic heterocycles. The molecule has 0 amide bonds. The van der Waals surface area contributed by atoms with Gasteiger partial charge >= 0.3 is 0 Å². The highest BCUT2D eigenvalue weighted by atomic mass is 79.9. The van der Waals surface area contributed by atoms with E-state index >= 15 is 0 Å². The molecule has 0 spiro atoms. The molecule has 29 heavy (non-hydrogen) atoms. The van der Waals surface area contributed by atoms with Gasteiger partial charge in [0.2, 0.25) is 10.0 Å². The van der Waals surface area contributed by atoms with Crippen LogP contribution in [-0.4, -0.2) is 31.4 Å². The highest BCUT2D eigenvalue weighted by Crippen LogP contribution is 2.30. The molecule has 0 fully saturated rings. The van der Waals surface area contributed by atoms with Crippen molar-refractivity contribution in [2.75, 3.05) is 14.1 Å². The van der Waals surface area contributed by atoms with Crippen molar-refractivity contribution in [2.45, 2.75) is 18.7 Å². The zero-order chi connectivity index (χ0) is 20.6. The minimum Gasteiger partial charge on any atom is -0.320 e. The lowest BCUT2D eigenvalue weighted by Crippen LogP contribution is -2.22. The van der Waals surface area contributed by atoms with Crippen LogP contribution in [0.25, 0.3) is 11.3 Å². The molecule has 0 aliphatic rings. The van der Waals surface area contributed by atoms with E-state index in [9.17, 15) is 8.42 Å². The molecule has 5 nitrogen and oxygen atoms in total. The summed E-state index contributed by atoms with van der Waals surface area (Å²) in [7, 11) is 1.27. The number of halogens is 2. The Kier molecular flexibility index (Phi) is 7.51. The summed E-state index contributed by atoms with van der Waals surface area (Å²) in [5.41, 5.74) is 4.87. The van der Waals surface area contributed by atoms with E-state index < -0.39 is 10.0 Å². The number of aromatic nitrogens is 1. The van der Waals surface area contributed by atoms with Crippen molar-refractivity contribution >= 4 is 55.6 Å². The molecule has 1 aromatic heterocycles. The molecule has 3 rings (SSSR count). The summed E-state index contributed by atoms with van der Waals surface area (Å²) in [5, 5.41) is 2.17. The summed E-state index contributed by atoms with van der Waals surface area (Å²) >= 11 is 7.67. The first-order chi connectivity index (χ1) is 13.1. The third-order valence-corrected chi connectivity index (χ3v) is 7.69. The van der Waals surface area contributed by atoms with Crippen LogP contribution in [0, 0.1) is 13.8 Å². The van der Waals surface area contributed by atoms with E-state index in [1.807, 2.05) is 42.1 Å². The lowest BCUT2D eigenvalue weighted by atomic mass is 10.1. The Morgan fingerprint density at radius 2 is 1.79 bits per heavy atom. The van der Waals surface area contributed by atoms with Gasteiger partial charge in [0.1, 0.15) is 4.90 Å². The summed E-state index contributed by atoms with van der Waals surface area (Å²) < 4.78 is 28.2. The highest BCUT2D eigenvalue weighted by molar-refractivity contribution is 8.93. The molecule has 0 atom stereocenters. The number of hydrogen-bond acceptors (Lipinski definition) is 4. The second-order valence-electron chi connectivity index (χ2n) is 6.80. The average Bonchev–Trinajstić information content (AvgIpc) is 2.98. The average molecular weight is 517 g/mol. The lowest BCUT2D eigenvalue weighted by molar-refractivity contribution is 0.521. The zero-order valence-corrected chi connectivity index (χ0v) is 20.9. The van der Waals surface area contributed by atoms with Gasteiger partial charge in [-0.05, 0) is 37.6 Å². The van der Waals surface area contributed by atoms with Gasteiger partial charge in [-0.3, -0.25) is 0 Å². The van der Waals surface area contributed by atoms with E-state index in [1.54, 1.807) is 12.1 Å². The number of hydrogen-bond donors (Lipinski definition) is 0. The Bertz CT molecular complexity index is 1210. The van der Waals surface area contributed by atoms with Gasteiger partial charge < -0.3 is 4.57 Å². The Morgan fingerprint density at radius 3 is 2.41 bits per heavy atom. The van der Waals surface area contributed by atoms with Crippen LogP contribution in [0.4, 0.5) is 5.69 Å². The van der Waals surface area contributed by atoms with Crippen molar-refractivity contribution in [3.63, 3.8) is 0 Å². The molecular formula is C20H23BrClN3O2S2. The van der Waals surface area contributed by atoms with Crippen LogP contribution in [0.1, 0.15) is 11.1 Å². The van der Waals surface area contributed by atoms with E-state index in [2.05, 4.69) is 13.0 Å². The normalized spacial score (nSPS) is 12.3. The van der Waals surface area contributed by atoms with E-state index in [0.717, 1.165) is 31.6 Å².